The summed E-state index contributed by atoms with van der Waals surface area (Å²) in [6, 6.07) is 0.519. The van der Waals surface area contributed by atoms with Gasteiger partial charge in [-0.25, -0.2) is 0 Å². The van der Waals surface area contributed by atoms with Gasteiger partial charge in [-0.2, -0.15) is 0 Å². The van der Waals surface area contributed by atoms with Gasteiger partial charge >= 0.3 is 5.97 Å². The van der Waals surface area contributed by atoms with Crippen LogP contribution in [0.2, 0.25) is 0 Å². The molecule has 0 aromatic carbocycles. The third-order valence-corrected chi connectivity index (χ3v) is 3.29. The van der Waals surface area contributed by atoms with Gasteiger partial charge in [0, 0.05) is 6.04 Å². The summed E-state index contributed by atoms with van der Waals surface area (Å²) < 4.78 is 0. The smallest absolute Gasteiger partial charge is 0.306 e. The summed E-state index contributed by atoms with van der Waals surface area (Å²) in [5.41, 5.74) is 0. The van der Waals surface area contributed by atoms with Crippen molar-refractivity contribution < 1.29 is 9.90 Å². The number of carboxylic acid groups (broad SMARTS) is 1. The third-order valence-electron chi connectivity index (χ3n) is 3.29. The maximum Gasteiger partial charge on any atom is 0.306 e. The first-order valence-electron chi connectivity index (χ1n) is 6.15. The average Bonchev–Trinajstić information content (AvgIpc) is 2.66. The summed E-state index contributed by atoms with van der Waals surface area (Å²) in [6.07, 6.45) is 5.11. The van der Waals surface area contributed by atoms with E-state index in [-0.39, 0.29) is 5.92 Å². The van der Waals surface area contributed by atoms with Crippen molar-refractivity contribution in [3.63, 3.8) is 0 Å². The predicted molar refractivity (Wildman–Crippen MR) is 60.9 cm³/mol. The number of aliphatic carboxylic acids is 1. The molecule has 1 rings (SSSR count). The van der Waals surface area contributed by atoms with Gasteiger partial charge < -0.3 is 10.0 Å². The van der Waals surface area contributed by atoms with Gasteiger partial charge in [-0.15, -0.1) is 0 Å². The van der Waals surface area contributed by atoms with Crippen molar-refractivity contribution in [2.24, 2.45) is 5.92 Å². The zero-order chi connectivity index (χ0) is 11.3. The molecule has 0 aromatic heterocycles. The molecule has 1 aliphatic rings. The van der Waals surface area contributed by atoms with E-state index in [9.17, 15) is 4.79 Å². The van der Waals surface area contributed by atoms with Crippen LogP contribution in [-0.4, -0.2) is 35.1 Å². The minimum absolute atomic E-state index is 0.0915. The Bertz CT molecular complexity index is 200. The Morgan fingerprint density at radius 1 is 1.27 bits per heavy atom. The fraction of sp³-hybridized carbons (Fsp3) is 0.917. The molecule has 0 heterocycles. The lowest BCUT2D eigenvalue weighted by Gasteiger charge is -2.28. The Hall–Kier alpha value is -0.570. The van der Waals surface area contributed by atoms with Crippen LogP contribution in [0.1, 0.15) is 46.0 Å². The second-order valence-corrected chi connectivity index (χ2v) is 4.54. The van der Waals surface area contributed by atoms with E-state index in [4.69, 9.17) is 5.11 Å². The number of nitrogens with zero attached hydrogens (tertiary/aromatic N) is 1. The zero-order valence-corrected chi connectivity index (χ0v) is 9.91. The molecule has 2 atom stereocenters. The molecule has 0 saturated heterocycles. The van der Waals surface area contributed by atoms with Gasteiger partial charge in [0.1, 0.15) is 0 Å². The Balaban J connectivity index is 2.44. The first-order chi connectivity index (χ1) is 7.19. The number of carboxylic acids is 1. The number of carbonyl (C=O) groups is 1. The van der Waals surface area contributed by atoms with Crippen molar-refractivity contribution in [1.29, 1.82) is 0 Å². The van der Waals surface area contributed by atoms with Crippen LogP contribution in [0.15, 0.2) is 0 Å². The summed E-state index contributed by atoms with van der Waals surface area (Å²) in [4.78, 5) is 13.3. The van der Waals surface area contributed by atoms with E-state index in [2.05, 4.69) is 18.7 Å². The Morgan fingerprint density at radius 3 is 2.27 bits per heavy atom. The summed E-state index contributed by atoms with van der Waals surface area (Å²) in [6.45, 7) is 6.61. The SMILES string of the molecule is CCCN(CCC)[C@H]1CC[C@@H](C(=O)O)C1. The van der Waals surface area contributed by atoms with Crippen LogP contribution in [0.25, 0.3) is 0 Å². The van der Waals surface area contributed by atoms with Gasteiger partial charge in [0.2, 0.25) is 0 Å². The van der Waals surface area contributed by atoms with Crippen molar-refractivity contribution >= 4 is 5.97 Å². The lowest BCUT2D eigenvalue weighted by atomic mass is 10.1. The molecule has 0 aromatic rings. The number of rotatable bonds is 6. The first kappa shape index (κ1) is 12.5. The Kier molecular flexibility index (Phi) is 5.09. The van der Waals surface area contributed by atoms with E-state index in [1.807, 2.05) is 0 Å². The lowest BCUT2D eigenvalue weighted by molar-refractivity contribution is -0.141. The normalized spacial score (nSPS) is 26.1. The van der Waals surface area contributed by atoms with Gasteiger partial charge in [-0.05, 0) is 45.2 Å². The predicted octanol–water partition coefficient (Wildman–Crippen LogP) is 2.36. The van der Waals surface area contributed by atoms with Crippen molar-refractivity contribution in [3.05, 3.63) is 0 Å². The second kappa shape index (κ2) is 6.11. The maximum absolute atomic E-state index is 10.9. The molecule has 88 valence electrons. The van der Waals surface area contributed by atoms with Crippen LogP contribution in [0, 0.1) is 5.92 Å². The third kappa shape index (κ3) is 3.49. The highest BCUT2D eigenvalue weighted by Gasteiger charge is 2.32. The topological polar surface area (TPSA) is 40.5 Å². The largest absolute Gasteiger partial charge is 0.481 e. The van der Waals surface area contributed by atoms with Gasteiger partial charge in [0.15, 0.2) is 0 Å². The molecule has 3 heteroatoms. The van der Waals surface area contributed by atoms with Crippen molar-refractivity contribution in [2.45, 2.75) is 52.0 Å². The molecule has 1 fully saturated rings. The van der Waals surface area contributed by atoms with E-state index in [1.54, 1.807) is 0 Å². The monoisotopic (exact) mass is 213 g/mol. The van der Waals surface area contributed by atoms with Crippen LogP contribution >= 0.6 is 0 Å². The molecule has 0 radical (unpaired) electrons. The molecule has 0 unspecified atom stereocenters. The highest BCUT2D eigenvalue weighted by Crippen LogP contribution is 2.29. The minimum Gasteiger partial charge on any atom is -0.481 e. The average molecular weight is 213 g/mol. The summed E-state index contributed by atoms with van der Waals surface area (Å²) in [7, 11) is 0. The minimum atomic E-state index is -0.606. The van der Waals surface area contributed by atoms with Gasteiger partial charge in [-0.1, -0.05) is 13.8 Å². The fourth-order valence-corrected chi connectivity index (χ4v) is 2.57. The Labute approximate surface area is 92.5 Å². The van der Waals surface area contributed by atoms with E-state index in [0.717, 1.165) is 45.2 Å². The molecule has 1 N–H and O–H groups in total. The van der Waals surface area contributed by atoms with Crippen molar-refractivity contribution in [1.82, 2.24) is 4.90 Å². The molecule has 15 heavy (non-hydrogen) atoms. The standard InChI is InChI=1S/C12H23NO2/c1-3-7-13(8-4-2)11-6-5-10(9-11)12(14)15/h10-11H,3-9H2,1-2H3,(H,14,15)/t10-,11+/m1/s1. The quantitative estimate of drug-likeness (QED) is 0.736. The summed E-state index contributed by atoms with van der Waals surface area (Å²) in [5, 5.41) is 8.95. The highest BCUT2D eigenvalue weighted by molar-refractivity contribution is 5.70. The summed E-state index contributed by atoms with van der Waals surface area (Å²) in [5.74, 6) is -0.698. The maximum atomic E-state index is 10.9. The fourth-order valence-electron chi connectivity index (χ4n) is 2.57. The molecule has 1 saturated carbocycles. The molecule has 3 nitrogen and oxygen atoms in total. The van der Waals surface area contributed by atoms with E-state index in [1.165, 1.54) is 0 Å². The molecule has 1 aliphatic carbocycles. The van der Waals surface area contributed by atoms with Crippen molar-refractivity contribution in [2.75, 3.05) is 13.1 Å². The zero-order valence-electron chi connectivity index (χ0n) is 9.91. The number of hydrogen-bond donors (Lipinski definition) is 1. The Morgan fingerprint density at radius 2 is 1.87 bits per heavy atom. The number of hydrogen-bond acceptors (Lipinski definition) is 2. The first-order valence-corrected chi connectivity index (χ1v) is 6.15. The van der Waals surface area contributed by atoms with Gasteiger partial charge in [-0.3, -0.25) is 4.79 Å². The molecule has 0 aliphatic heterocycles. The molecule has 0 bridgehead atoms. The van der Waals surface area contributed by atoms with Crippen LogP contribution in [-0.2, 0) is 4.79 Å². The van der Waals surface area contributed by atoms with Crippen LogP contribution < -0.4 is 0 Å². The van der Waals surface area contributed by atoms with Gasteiger partial charge in [0.05, 0.1) is 5.92 Å². The highest BCUT2D eigenvalue weighted by atomic mass is 16.4. The molecular weight excluding hydrogens is 190 g/mol. The van der Waals surface area contributed by atoms with Crippen LogP contribution in [0.4, 0.5) is 0 Å². The van der Waals surface area contributed by atoms with E-state index >= 15 is 0 Å². The van der Waals surface area contributed by atoms with Crippen LogP contribution in [0.3, 0.4) is 0 Å². The molecule has 0 spiro atoms. The molecular formula is C12H23NO2. The van der Waals surface area contributed by atoms with Crippen molar-refractivity contribution in [3.8, 4) is 0 Å². The second-order valence-electron chi connectivity index (χ2n) is 4.54. The van der Waals surface area contributed by atoms with E-state index in [0.29, 0.717) is 6.04 Å². The lowest BCUT2D eigenvalue weighted by Crippen LogP contribution is -2.35. The summed E-state index contributed by atoms with van der Waals surface area (Å²) >= 11 is 0. The van der Waals surface area contributed by atoms with Gasteiger partial charge in [0.25, 0.3) is 0 Å². The molecule has 0 amide bonds. The van der Waals surface area contributed by atoms with Crippen LogP contribution in [0.5, 0.6) is 0 Å². The van der Waals surface area contributed by atoms with E-state index < -0.39 is 5.97 Å².